The SMILES string of the molecule is CC(C)(C)CCCCNC(=O)NO. The lowest BCUT2D eigenvalue weighted by Gasteiger charge is -2.17. The fourth-order valence-electron chi connectivity index (χ4n) is 1.02. The minimum Gasteiger partial charge on any atom is -0.336 e. The van der Waals surface area contributed by atoms with E-state index in [1.165, 1.54) is 5.48 Å². The highest BCUT2D eigenvalue weighted by Gasteiger charge is 2.08. The summed E-state index contributed by atoms with van der Waals surface area (Å²) in [5.41, 5.74) is 1.88. The molecule has 0 aromatic rings. The maximum absolute atomic E-state index is 10.5. The van der Waals surface area contributed by atoms with E-state index >= 15 is 0 Å². The van der Waals surface area contributed by atoms with Gasteiger partial charge in [-0.15, -0.1) is 0 Å². The number of hydrogen-bond donors (Lipinski definition) is 3. The molecule has 0 radical (unpaired) electrons. The van der Waals surface area contributed by atoms with Crippen molar-refractivity contribution in [2.24, 2.45) is 5.41 Å². The molecular weight excluding hydrogens is 168 g/mol. The molecule has 0 saturated heterocycles. The van der Waals surface area contributed by atoms with Crippen LogP contribution in [0.4, 0.5) is 4.79 Å². The first-order valence-electron chi connectivity index (χ1n) is 4.63. The summed E-state index contributed by atoms with van der Waals surface area (Å²) in [6.07, 6.45) is 3.19. The molecule has 0 aliphatic heterocycles. The summed E-state index contributed by atoms with van der Waals surface area (Å²) in [6, 6.07) is -0.532. The number of carbonyl (C=O) groups excluding carboxylic acids is 1. The molecular formula is C9H20N2O2. The van der Waals surface area contributed by atoms with Crippen LogP contribution in [0.15, 0.2) is 0 Å². The first-order valence-corrected chi connectivity index (χ1v) is 4.63. The number of hydrogen-bond acceptors (Lipinski definition) is 2. The van der Waals surface area contributed by atoms with E-state index in [4.69, 9.17) is 5.21 Å². The van der Waals surface area contributed by atoms with Crippen LogP contribution >= 0.6 is 0 Å². The molecule has 78 valence electrons. The van der Waals surface area contributed by atoms with Crippen LogP contribution in [0, 0.1) is 5.41 Å². The van der Waals surface area contributed by atoms with Crippen LogP contribution in [-0.4, -0.2) is 17.8 Å². The van der Waals surface area contributed by atoms with Crippen LogP contribution in [0.3, 0.4) is 0 Å². The maximum atomic E-state index is 10.5. The number of nitrogens with one attached hydrogen (secondary N) is 2. The van der Waals surface area contributed by atoms with Crippen molar-refractivity contribution in [1.82, 2.24) is 10.8 Å². The fraction of sp³-hybridized carbons (Fsp3) is 0.889. The van der Waals surface area contributed by atoms with Gasteiger partial charge in [-0.05, 0) is 18.3 Å². The molecule has 4 nitrogen and oxygen atoms in total. The van der Waals surface area contributed by atoms with Crippen LogP contribution in [0.25, 0.3) is 0 Å². The summed E-state index contributed by atoms with van der Waals surface area (Å²) in [7, 11) is 0. The standard InChI is InChI=1S/C9H20N2O2/c1-9(2,3)6-4-5-7-10-8(12)11-13/h13H,4-7H2,1-3H3,(H2,10,11,12). The largest absolute Gasteiger partial charge is 0.338 e. The van der Waals surface area contributed by atoms with E-state index in [-0.39, 0.29) is 0 Å². The first kappa shape index (κ1) is 12.2. The lowest BCUT2D eigenvalue weighted by atomic mass is 9.90. The molecule has 0 unspecified atom stereocenters. The van der Waals surface area contributed by atoms with Crippen molar-refractivity contribution >= 4 is 6.03 Å². The summed E-state index contributed by atoms with van der Waals surface area (Å²) in [5, 5.41) is 10.7. The molecule has 2 amide bonds. The minimum atomic E-state index is -0.532. The highest BCUT2D eigenvalue weighted by molar-refractivity contribution is 5.72. The van der Waals surface area contributed by atoms with Crippen LogP contribution in [0.5, 0.6) is 0 Å². The lowest BCUT2D eigenvalue weighted by molar-refractivity contribution is 0.161. The van der Waals surface area contributed by atoms with Gasteiger partial charge in [0, 0.05) is 6.54 Å². The fourth-order valence-corrected chi connectivity index (χ4v) is 1.02. The van der Waals surface area contributed by atoms with E-state index in [0.29, 0.717) is 12.0 Å². The molecule has 0 fully saturated rings. The topological polar surface area (TPSA) is 61.4 Å². The third kappa shape index (κ3) is 9.14. The molecule has 0 aliphatic rings. The molecule has 3 N–H and O–H groups in total. The Labute approximate surface area is 79.7 Å². The van der Waals surface area contributed by atoms with E-state index in [1.807, 2.05) is 0 Å². The van der Waals surface area contributed by atoms with Gasteiger partial charge in [0.15, 0.2) is 0 Å². The van der Waals surface area contributed by atoms with Gasteiger partial charge < -0.3 is 5.32 Å². The number of carbonyl (C=O) groups is 1. The number of urea groups is 1. The zero-order valence-electron chi connectivity index (χ0n) is 8.68. The van der Waals surface area contributed by atoms with Crippen molar-refractivity contribution in [2.45, 2.75) is 40.0 Å². The average molecular weight is 188 g/mol. The predicted octanol–water partition coefficient (Wildman–Crippen LogP) is 1.89. The van der Waals surface area contributed by atoms with Gasteiger partial charge in [-0.3, -0.25) is 5.21 Å². The van der Waals surface area contributed by atoms with Crippen LogP contribution in [-0.2, 0) is 0 Å². The van der Waals surface area contributed by atoms with Gasteiger partial charge in [0.25, 0.3) is 0 Å². The lowest BCUT2D eigenvalue weighted by Crippen LogP contribution is -2.33. The van der Waals surface area contributed by atoms with E-state index in [0.717, 1.165) is 19.3 Å². The second kappa shape index (κ2) is 5.80. The van der Waals surface area contributed by atoms with Crippen molar-refractivity contribution in [3.05, 3.63) is 0 Å². The zero-order valence-corrected chi connectivity index (χ0v) is 8.68. The third-order valence-electron chi connectivity index (χ3n) is 1.74. The third-order valence-corrected chi connectivity index (χ3v) is 1.74. The second-order valence-corrected chi connectivity index (χ2v) is 4.39. The zero-order chi connectivity index (χ0) is 10.3. The molecule has 13 heavy (non-hydrogen) atoms. The minimum absolute atomic E-state index is 0.360. The predicted molar refractivity (Wildman–Crippen MR) is 51.6 cm³/mol. The highest BCUT2D eigenvalue weighted by Crippen LogP contribution is 2.20. The van der Waals surface area contributed by atoms with Gasteiger partial charge in [0.1, 0.15) is 0 Å². The Morgan fingerprint density at radius 1 is 1.31 bits per heavy atom. The van der Waals surface area contributed by atoms with Crippen LogP contribution < -0.4 is 10.8 Å². The quantitative estimate of drug-likeness (QED) is 0.358. The molecule has 0 saturated carbocycles. The summed E-state index contributed by atoms with van der Waals surface area (Å²) < 4.78 is 0. The van der Waals surface area contributed by atoms with Gasteiger partial charge in [0.2, 0.25) is 0 Å². The summed E-state index contributed by atoms with van der Waals surface area (Å²) in [5.74, 6) is 0. The number of hydroxylamine groups is 1. The van der Waals surface area contributed by atoms with Crippen molar-refractivity contribution < 1.29 is 10.0 Å². The van der Waals surface area contributed by atoms with Gasteiger partial charge in [-0.25, -0.2) is 10.3 Å². The Morgan fingerprint density at radius 3 is 2.38 bits per heavy atom. The second-order valence-electron chi connectivity index (χ2n) is 4.39. The van der Waals surface area contributed by atoms with Crippen molar-refractivity contribution in [3.8, 4) is 0 Å². The van der Waals surface area contributed by atoms with Gasteiger partial charge >= 0.3 is 6.03 Å². The van der Waals surface area contributed by atoms with E-state index < -0.39 is 6.03 Å². The number of amides is 2. The molecule has 0 aliphatic carbocycles. The van der Waals surface area contributed by atoms with Gasteiger partial charge in [-0.1, -0.05) is 27.2 Å². The monoisotopic (exact) mass is 188 g/mol. The molecule has 0 aromatic carbocycles. The van der Waals surface area contributed by atoms with Crippen molar-refractivity contribution in [2.75, 3.05) is 6.54 Å². The van der Waals surface area contributed by atoms with E-state index in [2.05, 4.69) is 26.1 Å². The average Bonchev–Trinajstić information content (AvgIpc) is 2.01. The normalized spacial score (nSPS) is 11.1. The first-order chi connectivity index (χ1) is 5.95. The highest BCUT2D eigenvalue weighted by atomic mass is 16.5. The Morgan fingerprint density at radius 2 is 1.92 bits per heavy atom. The maximum Gasteiger partial charge on any atom is 0.338 e. The summed E-state index contributed by atoms with van der Waals surface area (Å²) in [6.45, 7) is 7.20. The van der Waals surface area contributed by atoms with Crippen LogP contribution in [0.1, 0.15) is 40.0 Å². The van der Waals surface area contributed by atoms with Gasteiger partial charge in [0.05, 0.1) is 0 Å². The van der Waals surface area contributed by atoms with Gasteiger partial charge in [-0.2, -0.15) is 0 Å². The molecule has 4 heteroatoms. The molecule has 0 spiro atoms. The Balaban J connectivity index is 3.22. The van der Waals surface area contributed by atoms with Crippen molar-refractivity contribution in [3.63, 3.8) is 0 Å². The Hall–Kier alpha value is -0.770. The van der Waals surface area contributed by atoms with Crippen LogP contribution in [0.2, 0.25) is 0 Å². The van der Waals surface area contributed by atoms with E-state index in [9.17, 15) is 4.79 Å². The molecule has 0 aromatic heterocycles. The smallest absolute Gasteiger partial charge is 0.336 e. The summed E-state index contributed by atoms with van der Waals surface area (Å²) in [4.78, 5) is 10.5. The summed E-state index contributed by atoms with van der Waals surface area (Å²) >= 11 is 0. The molecule has 0 rings (SSSR count). The Kier molecular flexibility index (Phi) is 5.46. The number of rotatable bonds is 4. The molecule has 0 bridgehead atoms. The van der Waals surface area contributed by atoms with Crippen molar-refractivity contribution in [1.29, 1.82) is 0 Å². The van der Waals surface area contributed by atoms with E-state index in [1.54, 1.807) is 0 Å². The Bertz CT molecular complexity index is 152. The molecule has 0 atom stereocenters. The molecule has 0 heterocycles. The number of unbranched alkanes of at least 4 members (excludes halogenated alkanes) is 1.